The van der Waals surface area contributed by atoms with E-state index in [1.54, 1.807) is 37.3 Å². The van der Waals surface area contributed by atoms with Gasteiger partial charge in [0.1, 0.15) is 18.2 Å². The van der Waals surface area contributed by atoms with Gasteiger partial charge in [-0.1, -0.05) is 12.1 Å². The van der Waals surface area contributed by atoms with Crippen LogP contribution in [-0.4, -0.2) is 60.6 Å². The molecule has 2 amide bonds. The molecule has 0 radical (unpaired) electrons. The molecule has 1 N–H and O–H groups in total. The van der Waals surface area contributed by atoms with Crippen molar-refractivity contribution >= 4 is 17.5 Å². The lowest BCUT2D eigenvalue weighted by Gasteiger charge is -2.16. The van der Waals surface area contributed by atoms with Gasteiger partial charge in [0.15, 0.2) is 0 Å². The minimum absolute atomic E-state index is 0.0328. The van der Waals surface area contributed by atoms with E-state index < -0.39 is 0 Å². The molecule has 1 saturated heterocycles. The molecule has 1 atom stereocenters. The van der Waals surface area contributed by atoms with Crippen LogP contribution in [0.2, 0.25) is 0 Å². The summed E-state index contributed by atoms with van der Waals surface area (Å²) in [7, 11) is 3.06. The molecule has 1 fully saturated rings. The quantitative estimate of drug-likeness (QED) is 0.819. The van der Waals surface area contributed by atoms with Crippen molar-refractivity contribution in [3.63, 3.8) is 0 Å². The lowest BCUT2D eigenvalue weighted by molar-refractivity contribution is -0.134. The van der Waals surface area contributed by atoms with Gasteiger partial charge in [-0.25, -0.2) is 9.97 Å². The highest BCUT2D eigenvalue weighted by atomic mass is 16.5. The van der Waals surface area contributed by atoms with E-state index in [0.717, 1.165) is 6.42 Å². The topological polar surface area (TPSA) is 93.7 Å². The van der Waals surface area contributed by atoms with Gasteiger partial charge in [-0.2, -0.15) is 0 Å². The maximum atomic E-state index is 12.6. The van der Waals surface area contributed by atoms with Crippen LogP contribution in [0, 0.1) is 6.92 Å². The number of likely N-dealkylation sites (tertiary alicyclic amines) is 1. The van der Waals surface area contributed by atoms with Gasteiger partial charge in [-0.05, 0) is 25.5 Å². The second-order valence-corrected chi connectivity index (χ2v) is 6.64. The third-order valence-corrected chi connectivity index (χ3v) is 4.77. The molecule has 0 unspecified atom stereocenters. The normalized spacial score (nSPS) is 16.1. The molecule has 0 aliphatic carbocycles. The predicted octanol–water partition coefficient (Wildman–Crippen LogP) is 2.01. The fraction of sp³-hybridized carbons (Fsp3) is 0.400. The van der Waals surface area contributed by atoms with E-state index in [-0.39, 0.29) is 24.3 Å². The van der Waals surface area contributed by atoms with Crippen LogP contribution >= 0.6 is 0 Å². The molecule has 8 nitrogen and oxygen atoms in total. The van der Waals surface area contributed by atoms with Crippen LogP contribution < -0.4 is 10.1 Å². The van der Waals surface area contributed by atoms with E-state index in [9.17, 15) is 9.59 Å². The number of anilines is 1. The van der Waals surface area contributed by atoms with E-state index in [0.29, 0.717) is 41.6 Å². The Morgan fingerprint density at radius 1 is 1.29 bits per heavy atom. The van der Waals surface area contributed by atoms with Crippen molar-refractivity contribution in [3.05, 3.63) is 47.5 Å². The fourth-order valence-electron chi connectivity index (χ4n) is 3.25. The Hall–Kier alpha value is -3.00. The maximum Gasteiger partial charge on any atom is 0.259 e. The van der Waals surface area contributed by atoms with E-state index in [1.165, 1.54) is 7.11 Å². The summed E-state index contributed by atoms with van der Waals surface area (Å²) in [6, 6.07) is 7.20. The molecule has 8 heteroatoms. The number of aryl methyl sites for hydroxylation is 1. The molecule has 3 rings (SSSR count). The van der Waals surface area contributed by atoms with Crippen molar-refractivity contribution in [2.24, 2.45) is 0 Å². The molecule has 28 heavy (non-hydrogen) atoms. The minimum Gasteiger partial charge on any atom is -0.495 e. The van der Waals surface area contributed by atoms with Gasteiger partial charge in [-0.3, -0.25) is 9.59 Å². The third kappa shape index (κ3) is 4.28. The highest BCUT2D eigenvalue weighted by molar-refractivity contribution is 6.05. The van der Waals surface area contributed by atoms with Gasteiger partial charge in [0.2, 0.25) is 5.91 Å². The van der Waals surface area contributed by atoms with Crippen LogP contribution in [0.4, 0.5) is 5.69 Å². The van der Waals surface area contributed by atoms with E-state index in [4.69, 9.17) is 9.47 Å². The molecular weight excluding hydrogens is 360 g/mol. The van der Waals surface area contributed by atoms with E-state index >= 15 is 0 Å². The molecule has 2 heterocycles. The van der Waals surface area contributed by atoms with Crippen molar-refractivity contribution in [2.75, 3.05) is 39.2 Å². The molecule has 0 spiro atoms. The maximum absolute atomic E-state index is 12.6. The number of hydrogen-bond donors (Lipinski definition) is 1. The Morgan fingerprint density at radius 2 is 2.07 bits per heavy atom. The smallest absolute Gasteiger partial charge is 0.259 e. The molecule has 148 valence electrons. The molecule has 1 aliphatic heterocycles. The highest BCUT2D eigenvalue weighted by Crippen LogP contribution is 2.26. The summed E-state index contributed by atoms with van der Waals surface area (Å²) >= 11 is 0. The lowest BCUT2D eigenvalue weighted by Crippen LogP contribution is -2.31. The van der Waals surface area contributed by atoms with Gasteiger partial charge >= 0.3 is 0 Å². The second kappa shape index (κ2) is 8.79. The molecule has 1 aromatic carbocycles. The van der Waals surface area contributed by atoms with Crippen LogP contribution in [0.3, 0.4) is 0 Å². The monoisotopic (exact) mass is 384 g/mol. The molecule has 2 aromatic rings. The number of ether oxygens (including phenoxy) is 2. The summed E-state index contributed by atoms with van der Waals surface area (Å²) < 4.78 is 10.2. The molecular formula is C20H24N4O4. The number of carbonyl (C=O) groups excluding carboxylic acids is 2. The number of carbonyl (C=O) groups is 2. The first-order valence-corrected chi connectivity index (χ1v) is 9.08. The summed E-state index contributed by atoms with van der Waals surface area (Å²) in [4.78, 5) is 35.3. The zero-order valence-corrected chi connectivity index (χ0v) is 16.3. The van der Waals surface area contributed by atoms with Crippen LogP contribution in [0.1, 0.15) is 34.2 Å². The number of amides is 2. The van der Waals surface area contributed by atoms with Crippen LogP contribution in [-0.2, 0) is 9.53 Å². The summed E-state index contributed by atoms with van der Waals surface area (Å²) in [5.41, 5.74) is 1.58. The SMILES string of the molecule is COCC(=O)N1CC[C@H](c2ncc(C(=O)Nc3ccccc3OC)c(C)n2)C1. The lowest BCUT2D eigenvalue weighted by atomic mass is 10.1. The Bertz CT molecular complexity index is 871. The zero-order valence-electron chi connectivity index (χ0n) is 16.3. The van der Waals surface area contributed by atoms with Crippen molar-refractivity contribution in [1.29, 1.82) is 0 Å². The van der Waals surface area contributed by atoms with Crippen molar-refractivity contribution in [3.8, 4) is 5.75 Å². The number of benzene rings is 1. The number of aromatic nitrogens is 2. The van der Waals surface area contributed by atoms with Gasteiger partial charge in [0, 0.05) is 32.3 Å². The summed E-state index contributed by atoms with van der Waals surface area (Å²) in [5, 5.41) is 2.83. The fourth-order valence-corrected chi connectivity index (χ4v) is 3.25. The average molecular weight is 384 g/mol. The largest absolute Gasteiger partial charge is 0.495 e. The first-order chi connectivity index (χ1) is 13.5. The Labute approximate surface area is 163 Å². The van der Waals surface area contributed by atoms with E-state index in [2.05, 4.69) is 15.3 Å². The number of nitrogens with zero attached hydrogens (tertiary/aromatic N) is 3. The van der Waals surface area contributed by atoms with Crippen molar-refractivity contribution < 1.29 is 19.1 Å². The predicted molar refractivity (Wildman–Crippen MR) is 104 cm³/mol. The van der Waals surface area contributed by atoms with Gasteiger partial charge < -0.3 is 19.7 Å². The number of rotatable bonds is 6. The Morgan fingerprint density at radius 3 is 2.79 bits per heavy atom. The molecule has 0 bridgehead atoms. The van der Waals surface area contributed by atoms with Gasteiger partial charge in [-0.15, -0.1) is 0 Å². The summed E-state index contributed by atoms with van der Waals surface area (Å²) in [6.07, 6.45) is 2.34. The third-order valence-electron chi connectivity index (χ3n) is 4.77. The first-order valence-electron chi connectivity index (χ1n) is 9.08. The Balaban J connectivity index is 1.70. The van der Waals surface area contributed by atoms with Crippen LogP contribution in [0.15, 0.2) is 30.5 Å². The highest BCUT2D eigenvalue weighted by Gasteiger charge is 2.29. The summed E-state index contributed by atoms with van der Waals surface area (Å²) in [6.45, 7) is 3.08. The number of methoxy groups -OCH3 is 2. The minimum atomic E-state index is -0.295. The standard InChI is InChI=1S/C20H24N4O4/c1-13-15(20(26)23-16-6-4-5-7-17(16)28-3)10-21-19(22-13)14-8-9-24(11-14)18(25)12-27-2/h4-7,10,14H,8-9,11-12H2,1-3H3,(H,23,26)/t14-/m0/s1. The molecule has 1 aliphatic rings. The number of nitrogens with one attached hydrogen (secondary N) is 1. The van der Waals surface area contributed by atoms with Crippen LogP contribution in [0.5, 0.6) is 5.75 Å². The second-order valence-electron chi connectivity index (χ2n) is 6.64. The van der Waals surface area contributed by atoms with Gasteiger partial charge in [0.05, 0.1) is 24.1 Å². The number of hydrogen-bond acceptors (Lipinski definition) is 6. The van der Waals surface area contributed by atoms with Crippen molar-refractivity contribution in [2.45, 2.75) is 19.3 Å². The first kappa shape index (κ1) is 19.8. The Kier molecular flexibility index (Phi) is 6.20. The molecule has 0 saturated carbocycles. The van der Waals surface area contributed by atoms with E-state index in [1.807, 2.05) is 12.1 Å². The molecule has 1 aromatic heterocycles. The van der Waals surface area contributed by atoms with Crippen LogP contribution in [0.25, 0.3) is 0 Å². The zero-order chi connectivity index (χ0) is 20.1. The summed E-state index contributed by atoms with van der Waals surface area (Å²) in [5.74, 6) is 0.967. The van der Waals surface area contributed by atoms with Crippen molar-refractivity contribution in [1.82, 2.24) is 14.9 Å². The van der Waals surface area contributed by atoms with Gasteiger partial charge in [0.25, 0.3) is 5.91 Å². The average Bonchev–Trinajstić information content (AvgIpc) is 3.19. The number of para-hydroxylation sites is 2.